The van der Waals surface area contributed by atoms with Crippen molar-refractivity contribution in [3.8, 4) is 0 Å². The second kappa shape index (κ2) is 4.19. The fourth-order valence-corrected chi connectivity index (χ4v) is 2.76. The summed E-state index contributed by atoms with van der Waals surface area (Å²) in [7, 11) is 0. The van der Waals surface area contributed by atoms with E-state index >= 15 is 0 Å². The summed E-state index contributed by atoms with van der Waals surface area (Å²) in [6.07, 6.45) is 5.39. The third-order valence-corrected chi connectivity index (χ3v) is 3.93. The highest BCUT2D eigenvalue weighted by Gasteiger charge is 2.34. The van der Waals surface area contributed by atoms with Crippen molar-refractivity contribution in [3.63, 3.8) is 0 Å². The number of nitrogens with one attached hydrogen (secondary N) is 1. The third kappa shape index (κ3) is 2.29. The van der Waals surface area contributed by atoms with Crippen molar-refractivity contribution in [1.29, 1.82) is 0 Å². The van der Waals surface area contributed by atoms with Gasteiger partial charge < -0.3 is 10.1 Å². The number of hydrogen-bond donors (Lipinski definition) is 1. The Bertz CT molecular complexity index is 185. The van der Waals surface area contributed by atoms with E-state index in [9.17, 15) is 0 Å². The van der Waals surface area contributed by atoms with E-state index in [0.29, 0.717) is 5.41 Å². The molecule has 82 valence electrons. The van der Waals surface area contributed by atoms with Crippen molar-refractivity contribution in [1.82, 2.24) is 5.32 Å². The summed E-state index contributed by atoms with van der Waals surface area (Å²) < 4.78 is 5.38. The average molecular weight is 197 g/mol. The van der Waals surface area contributed by atoms with Gasteiger partial charge in [-0.1, -0.05) is 20.3 Å². The van der Waals surface area contributed by atoms with Gasteiger partial charge in [-0.3, -0.25) is 0 Å². The third-order valence-electron chi connectivity index (χ3n) is 3.93. The molecule has 1 heterocycles. The average Bonchev–Trinajstić information content (AvgIpc) is 2.71. The van der Waals surface area contributed by atoms with E-state index in [1.54, 1.807) is 0 Å². The Morgan fingerprint density at radius 1 is 1.36 bits per heavy atom. The first kappa shape index (κ1) is 10.4. The predicted molar refractivity (Wildman–Crippen MR) is 58.3 cm³/mol. The van der Waals surface area contributed by atoms with Crippen molar-refractivity contribution < 1.29 is 4.74 Å². The van der Waals surface area contributed by atoms with Gasteiger partial charge in [-0.15, -0.1) is 0 Å². The minimum atomic E-state index is 0.513. The largest absolute Gasteiger partial charge is 0.381 e. The lowest BCUT2D eigenvalue weighted by molar-refractivity contribution is 0.182. The molecular formula is C12H23NO. The number of hydrogen-bond acceptors (Lipinski definition) is 2. The molecule has 2 heteroatoms. The first-order valence-electron chi connectivity index (χ1n) is 5.99. The van der Waals surface area contributed by atoms with Gasteiger partial charge in [-0.05, 0) is 30.6 Å². The summed E-state index contributed by atoms with van der Waals surface area (Å²) in [6.45, 7) is 7.89. The molecule has 2 atom stereocenters. The maximum Gasteiger partial charge on any atom is 0.0507 e. The first-order valence-corrected chi connectivity index (χ1v) is 5.99. The van der Waals surface area contributed by atoms with Crippen LogP contribution in [0.4, 0.5) is 0 Å². The van der Waals surface area contributed by atoms with Gasteiger partial charge in [0.05, 0.1) is 6.61 Å². The molecule has 1 aliphatic carbocycles. The molecule has 0 aromatic rings. The van der Waals surface area contributed by atoms with Gasteiger partial charge in [-0.2, -0.15) is 0 Å². The molecule has 2 fully saturated rings. The Balaban J connectivity index is 1.74. The van der Waals surface area contributed by atoms with Gasteiger partial charge >= 0.3 is 0 Å². The maximum absolute atomic E-state index is 5.38. The second-order valence-corrected chi connectivity index (χ2v) is 5.57. The molecule has 0 spiro atoms. The van der Waals surface area contributed by atoms with Gasteiger partial charge in [0.2, 0.25) is 0 Å². The van der Waals surface area contributed by atoms with Crippen molar-refractivity contribution in [2.75, 3.05) is 19.8 Å². The molecule has 2 aliphatic rings. The van der Waals surface area contributed by atoms with E-state index in [2.05, 4.69) is 19.2 Å². The van der Waals surface area contributed by atoms with Crippen LogP contribution in [-0.2, 0) is 4.74 Å². The smallest absolute Gasteiger partial charge is 0.0507 e. The Labute approximate surface area is 87.4 Å². The zero-order valence-corrected chi connectivity index (χ0v) is 9.51. The predicted octanol–water partition coefficient (Wildman–Crippen LogP) is 2.19. The molecular weight excluding hydrogens is 174 g/mol. The van der Waals surface area contributed by atoms with Gasteiger partial charge in [0.15, 0.2) is 0 Å². The lowest BCUT2D eigenvalue weighted by atomic mass is 9.87. The van der Waals surface area contributed by atoms with Gasteiger partial charge in [0.1, 0.15) is 0 Å². The summed E-state index contributed by atoms with van der Waals surface area (Å²) in [4.78, 5) is 0. The SMILES string of the molecule is CC1(C)CCCC1NCC1CCOC1. The van der Waals surface area contributed by atoms with Crippen LogP contribution in [-0.4, -0.2) is 25.8 Å². The molecule has 0 aromatic carbocycles. The molecule has 1 aliphatic heterocycles. The Kier molecular flexibility index (Phi) is 3.13. The Morgan fingerprint density at radius 2 is 2.21 bits per heavy atom. The van der Waals surface area contributed by atoms with E-state index in [4.69, 9.17) is 4.74 Å². The van der Waals surface area contributed by atoms with Crippen LogP contribution in [0.1, 0.15) is 39.5 Å². The molecule has 1 saturated heterocycles. The zero-order valence-electron chi connectivity index (χ0n) is 9.51. The Hall–Kier alpha value is -0.0800. The fourth-order valence-electron chi connectivity index (χ4n) is 2.76. The van der Waals surface area contributed by atoms with Crippen LogP contribution in [0, 0.1) is 11.3 Å². The van der Waals surface area contributed by atoms with Gasteiger partial charge in [0.25, 0.3) is 0 Å². The fraction of sp³-hybridized carbons (Fsp3) is 1.00. The van der Waals surface area contributed by atoms with Crippen molar-refractivity contribution in [2.45, 2.75) is 45.6 Å². The molecule has 0 amide bonds. The van der Waals surface area contributed by atoms with Gasteiger partial charge in [-0.25, -0.2) is 0 Å². The summed E-state index contributed by atoms with van der Waals surface area (Å²) in [5, 5.41) is 3.73. The molecule has 2 rings (SSSR count). The van der Waals surface area contributed by atoms with Crippen LogP contribution in [0.5, 0.6) is 0 Å². The lowest BCUT2D eigenvalue weighted by Crippen LogP contribution is -2.40. The summed E-state index contributed by atoms with van der Waals surface area (Å²) in [5.41, 5.74) is 0.513. The quantitative estimate of drug-likeness (QED) is 0.749. The first-order chi connectivity index (χ1) is 6.68. The highest BCUT2D eigenvalue weighted by molar-refractivity contribution is 4.90. The molecule has 1 saturated carbocycles. The lowest BCUT2D eigenvalue weighted by Gasteiger charge is -2.28. The Morgan fingerprint density at radius 3 is 2.79 bits per heavy atom. The highest BCUT2D eigenvalue weighted by Crippen LogP contribution is 2.37. The van der Waals surface area contributed by atoms with Crippen LogP contribution < -0.4 is 5.32 Å². The van der Waals surface area contributed by atoms with Crippen LogP contribution in [0.3, 0.4) is 0 Å². The minimum Gasteiger partial charge on any atom is -0.381 e. The van der Waals surface area contributed by atoms with Crippen molar-refractivity contribution in [2.24, 2.45) is 11.3 Å². The minimum absolute atomic E-state index is 0.513. The summed E-state index contributed by atoms with van der Waals surface area (Å²) in [6, 6.07) is 0.739. The molecule has 0 radical (unpaired) electrons. The normalized spacial score (nSPS) is 36.4. The molecule has 0 bridgehead atoms. The van der Waals surface area contributed by atoms with Crippen LogP contribution in [0.15, 0.2) is 0 Å². The van der Waals surface area contributed by atoms with Crippen LogP contribution >= 0.6 is 0 Å². The zero-order chi connectivity index (χ0) is 10.0. The van der Waals surface area contributed by atoms with Crippen LogP contribution in [0.2, 0.25) is 0 Å². The van der Waals surface area contributed by atoms with E-state index in [0.717, 1.165) is 31.7 Å². The molecule has 2 nitrogen and oxygen atoms in total. The van der Waals surface area contributed by atoms with E-state index in [-0.39, 0.29) is 0 Å². The van der Waals surface area contributed by atoms with E-state index in [1.807, 2.05) is 0 Å². The summed E-state index contributed by atoms with van der Waals surface area (Å²) >= 11 is 0. The van der Waals surface area contributed by atoms with Crippen LogP contribution in [0.25, 0.3) is 0 Å². The van der Waals surface area contributed by atoms with Crippen molar-refractivity contribution >= 4 is 0 Å². The molecule has 0 aromatic heterocycles. The number of ether oxygens (including phenoxy) is 1. The maximum atomic E-state index is 5.38. The van der Waals surface area contributed by atoms with E-state index in [1.165, 1.54) is 25.7 Å². The summed E-state index contributed by atoms with van der Waals surface area (Å²) in [5.74, 6) is 0.770. The van der Waals surface area contributed by atoms with Gasteiger partial charge in [0, 0.05) is 19.2 Å². The molecule has 1 N–H and O–H groups in total. The highest BCUT2D eigenvalue weighted by atomic mass is 16.5. The molecule has 2 unspecified atom stereocenters. The topological polar surface area (TPSA) is 21.3 Å². The number of rotatable bonds is 3. The second-order valence-electron chi connectivity index (χ2n) is 5.57. The standard InChI is InChI=1S/C12H23NO/c1-12(2)6-3-4-11(12)13-8-10-5-7-14-9-10/h10-11,13H,3-9H2,1-2H3. The van der Waals surface area contributed by atoms with E-state index < -0.39 is 0 Å². The molecule has 14 heavy (non-hydrogen) atoms. The monoisotopic (exact) mass is 197 g/mol. The van der Waals surface area contributed by atoms with Crippen molar-refractivity contribution in [3.05, 3.63) is 0 Å².